The number of hydrogen-bond donors (Lipinski definition) is 3. The molecule has 1 saturated heterocycles. The molecule has 7 heteroatoms. The van der Waals surface area contributed by atoms with Crippen LogP contribution in [0.4, 0.5) is 0 Å². The first-order valence-electron chi connectivity index (χ1n) is 10.5. The molecule has 0 unspecified atom stereocenters. The number of aliphatic hydroxyl groups is 1. The molecule has 0 saturated carbocycles. The van der Waals surface area contributed by atoms with Gasteiger partial charge >= 0.3 is 0 Å². The molecule has 28 heavy (non-hydrogen) atoms. The van der Waals surface area contributed by atoms with Crippen molar-refractivity contribution in [3.63, 3.8) is 0 Å². The molecule has 1 fully saturated rings. The highest BCUT2D eigenvalue weighted by Crippen LogP contribution is 2.44. The van der Waals surface area contributed by atoms with Crippen LogP contribution in [0.5, 0.6) is 0 Å². The number of rotatable bonds is 9. The first-order valence-corrected chi connectivity index (χ1v) is 10.5. The van der Waals surface area contributed by atoms with Crippen molar-refractivity contribution < 1.29 is 19.5 Å². The Labute approximate surface area is 167 Å². The lowest BCUT2D eigenvalue weighted by atomic mass is 9.70. The Hall–Kier alpha value is -1.89. The summed E-state index contributed by atoms with van der Waals surface area (Å²) in [5, 5.41) is 15.5. The Morgan fingerprint density at radius 1 is 1.21 bits per heavy atom. The number of likely N-dealkylation sites (tertiary alicyclic amines) is 1. The number of carbonyl (C=O) groups is 3. The van der Waals surface area contributed by atoms with Crippen LogP contribution in [0.25, 0.3) is 0 Å². The number of amides is 3. The van der Waals surface area contributed by atoms with Crippen molar-refractivity contribution in [2.75, 3.05) is 20.2 Å². The highest BCUT2D eigenvalue weighted by Gasteiger charge is 2.57. The molecular weight excluding hydrogens is 358 g/mol. The zero-order valence-corrected chi connectivity index (χ0v) is 17.5. The van der Waals surface area contributed by atoms with Gasteiger partial charge in [0.25, 0.3) is 0 Å². The van der Waals surface area contributed by atoms with Gasteiger partial charge in [0.05, 0.1) is 24.5 Å². The largest absolute Gasteiger partial charge is 0.394 e. The maximum Gasteiger partial charge on any atom is 0.243 e. The normalized spacial score (nSPS) is 30.1. The Morgan fingerprint density at radius 3 is 2.50 bits per heavy atom. The molecule has 0 aromatic carbocycles. The van der Waals surface area contributed by atoms with E-state index in [1.54, 1.807) is 11.9 Å². The van der Waals surface area contributed by atoms with Gasteiger partial charge in [-0.15, -0.1) is 0 Å². The lowest BCUT2D eigenvalue weighted by molar-refractivity contribution is -0.143. The van der Waals surface area contributed by atoms with Gasteiger partial charge in [-0.2, -0.15) is 0 Å². The fourth-order valence-corrected chi connectivity index (χ4v) is 4.61. The lowest BCUT2D eigenvalue weighted by Crippen LogP contribution is -2.52. The van der Waals surface area contributed by atoms with E-state index in [-0.39, 0.29) is 36.2 Å². The highest BCUT2D eigenvalue weighted by molar-refractivity contribution is 5.97. The Kier molecular flexibility index (Phi) is 8.04. The van der Waals surface area contributed by atoms with Crippen LogP contribution < -0.4 is 10.6 Å². The summed E-state index contributed by atoms with van der Waals surface area (Å²) in [5.41, 5.74) is 0. The van der Waals surface area contributed by atoms with E-state index in [1.807, 2.05) is 26.0 Å². The smallest absolute Gasteiger partial charge is 0.243 e. The number of unbranched alkanes of at least 4 members (excludes halogenated alkanes) is 2. The molecule has 7 nitrogen and oxygen atoms in total. The third kappa shape index (κ3) is 4.24. The quantitative estimate of drug-likeness (QED) is 0.403. The van der Waals surface area contributed by atoms with Crippen LogP contribution in [0, 0.1) is 23.7 Å². The number of nitrogens with zero attached hydrogens (tertiary/aromatic N) is 1. The third-order valence-electron chi connectivity index (χ3n) is 6.18. The summed E-state index contributed by atoms with van der Waals surface area (Å²) in [6.07, 6.45) is 7.39. The van der Waals surface area contributed by atoms with Crippen molar-refractivity contribution in [2.24, 2.45) is 23.7 Å². The number of aliphatic hydroxyl groups excluding tert-OH is 1. The number of fused-ring (bicyclic) bond motifs is 1. The summed E-state index contributed by atoms with van der Waals surface area (Å²) in [7, 11) is 1.57. The summed E-state index contributed by atoms with van der Waals surface area (Å²) >= 11 is 0. The van der Waals surface area contributed by atoms with E-state index < -0.39 is 23.9 Å². The molecule has 1 aliphatic carbocycles. The van der Waals surface area contributed by atoms with E-state index in [1.165, 1.54) is 0 Å². The molecule has 2 rings (SSSR count). The van der Waals surface area contributed by atoms with Gasteiger partial charge in [0.15, 0.2) is 0 Å². The molecule has 0 aromatic heterocycles. The maximum atomic E-state index is 13.4. The zero-order chi connectivity index (χ0) is 20.8. The van der Waals surface area contributed by atoms with E-state index in [0.29, 0.717) is 13.0 Å². The second-order valence-electron chi connectivity index (χ2n) is 7.92. The van der Waals surface area contributed by atoms with Crippen LogP contribution in [0.2, 0.25) is 0 Å². The van der Waals surface area contributed by atoms with Gasteiger partial charge in [-0.25, -0.2) is 0 Å². The van der Waals surface area contributed by atoms with Crippen LogP contribution in [0.1, 0.15) is 46.5 Å². The van der Waals surface area contributed by atoms with Crippen LogP contribution in [-0.4, -0.2) is 60.0 Å². The predicted molar refractivity (Wildman–Crippen MR) is 107 cm³/mol. The van der Waals surface area contributed by atoms with Gasteiger partial charge in [0, 0.05) is 19.5 Å². The van der Waals surface area contributed by atoms with Gasteiger partial charge < -0.3 is 20.6 Å². The average Bonchev–Trinajstić information content (AvgIpc) is 2.98. The van der Waals surface area contributed by atoms with Crippen LogP contribution >= 0.6 is 0 Å². The maximum absolute atomic E-state index is 13.4. The molecule has 1 heterocycles. The standard InChI is InChI=1S/C21H35N3O4/c1-5-7-8-11-23-20(27)18-15-10-9-13(3)16(19(26)22-4)17(15)21(28)24(18)14(6-2)12-25/h9-10,13-18,25H,5-8,11-12H2,1-4H3,(H,22,26)(H,23,27)/t13-,14+,15+,16-,17-,18+/m1/s1. The van der Waals surface area contributed by atoms with E-state index >= 15 is 0 Å². The number of allylic oxidation sites excluding steroid dienone is 1. The Balaban J connectivity index is 2.36. The van der Waals surface area contributed by atoms with Crippen molar-refractivity contribution in [2.45, 2.75) is 58.5 Å². The summed E-state index contributed by atoms with van der Waals surface area (Å²) in [6, 6.07) is -1.12. The molecule has 0 spiro atoms. The Bertz CT molecular complexity index is 602. The minimum atomic E-state index is -0.688. The molecule has 0 aromatic rings. The minimum Gasteiger partial charge on any atom is -0.394 e. The van der Waals surface area contributed by atoms with Crippen molar-refractivity contribution in [3.8, 4) is 0 Å². The molecule has 158 valence electrons. The van der Waals surface area contributed by atoms with Crippen LogP contribution in [0.3, 0.4) is 0 Å². The zero-order valence-electron chi connectivity index (χ0n) is 17.5. The van der Waals surface area contributed by atoms with Gasteiger partial charge in [-0.3, -0.25) is 14.4 Å². The van der Waals surface area contributed by atoms with Crippen LogP contribution in [0.15, 0.2) is 12.2 Å². The SMILES string of the molecule is CCCCCNC(=O)[C@@H]1[C@H]2C=C[C@@H](C)[C@@H](C(=O)NC)[C@@H]2C(=O)N1[C@@H](CC)CO. The van der Waals surface area contributed by atoms with E-state index in [9.17, 15) is 19.5 Å². The summed E-state index contributed by atoms with van der Waals surface area (Å²) < 4.78 is 0. The molecule has 3 amide bonds. The highest BCUT2D eigenvalue weighted by atomic mass is 16.3. The number of hydrogen-bond acceptors (Lipinski definition) is 4. The topological polar surface area (TPSA) is 98.7 Å². The third-order valence-corrected chi connectivity index (χ3v) is 6.18. The van der Waals surface area contributed by atoms with E-state index in [0.717, 1.165) is 19.3 Å². The molecular formula is C21H35N3O4. The number of nitrogens with one attached hydrogen (secondary N) is 2. The molecule has 0 bridgehead atoms. The molecule has 0 radical (unpaired) electrons. The average molecular weight is 394 g/mol. The monoisotopic (exact) mass is 393 g/mol. The first-order chi connectivity index (χ1) is 13.4. The lowest BCUT2D eigenvalue weighted by Gasteiger charge is -2.33. The van der Waals surface area contributed by atoms with Crippen LogP contribution in [-0.2, 0) is 14.4 Å². The van der Waals surface area contributed by atoms with Crippen molar-refractivity contribution >= 4 is 17.7 Å². The van der Waals surface area contributed by atoms with Gasteiger partial charge in [-0.1, -0.05) is 45.8 Å². The second kappa shape index (κ2) is 10.0. The van der Waals surface area contributed by atoms with Gasteiger partial charge in [0.1, 0.15) is 6.04 Å². The fourth-order valence-electron chi connectivity index (χ4n) is 4.61. The van der Waals surface area contributed by atoms with Crippen molar-refractivity contribution in [1.82, 2.24) is 15.5 Å². The van der Waals surface area contributed by atoms with E-state index in [2.05, 4.69) is 17.6 Å². The molecule has 6 atom stereocenters. The number of carbonyl (C=O) groups excluding carboxylic acids is 3. The summed E-state index contributed by atoms with van der Waals surface area (Å²) in [6.45, 7) is 6.28. The first kappa shape index (κ1) is 22.4. The van der Waals surface area contributed by atoms with E-state index in [4.69, 9.17) is 0 Å². The van der Waals surface area contributed by atoms with Crippen molar-refractivity contribution in [3.05, 3.63) is 12.2 Å². The summed E-state index contributed by atoms with van der Waals surface area (Å²) in [4.78, 5) is 40.5. The Morgan fingerprint density at radius 2 is 1.93 bits per heavy atom. The van der Waals surface area contributed by atoms with Gasteiger partial charge in [-0.05, 0) is 18.8 Å². The fraction of sp³-hybridized carbons (Fsp3) is 0.762. The van der Waals surface area contributed by atoms with Gasteiger partial charge in [0.2, 0.25) is 17.7 Å². The second-order valence-corrected chi connectivity index (χ2v) is 7.92. The molecule has 1 aliphatic heterocycles. The molecule has 3 N–H and O–H groups in total. The summed E-state index contributed by atoms with van der Waals surface area (Å²) in [5.74, 6) is -2.12. The van der Waals surface area contributed by atoms with Crippen molar-refractivity contribution in [1.29, 1.82) is 0 Å². The minimum absolute atomic E-state index is 0.0902. The predicted octanol–water partition coefficient (Wildman–Crippen LogP) is 1.08. The molecule has 2 aliphatic rings.